The maximum atomic E-state index is 13.1. The molecule has 0 saturated carbocycles. The topological polar surface area (TPSA) is 61.4 Å². The molecule has 0 radical (unpaired) electrons. The van der Waals surface area contributed by atoms with Gasteiger partial charge in [-0.3, -0.25) is 9.69 Å². The van der Waals surface area contributed by atoms with Gasteiger partial charge in [0.25, 0.3) is 0 Å². The first-order chi connectivity index (χ1) is 18.2. The van der Waals surface area contributed by atoms with E-state index in [1.165, 1.54) is 11.1 Å². The number of halogens is 2. The predicted molar refractivity (Wildman–Crippen MR) is 158 cm³/mol. The van der Waals surface area contributed by atoms with Gasteiger partial charge in [-0.05, 0) is 56.6 Å². The molecule has 0 spiro atoms. The van der Waals surface area contributed by atoms with E-state index in [2.05, 4.69) is 65.3 Å². The van der Waals surface area contributed by atoms with Crippen LogP contribution >= 0.6 is 34.5 Å². The van der Waals surface area contributed by atoms with E-state index in [0.29, 0.717) is 29.7 Å². The Balaban J connectivity index is 1.28. The van der Waals surface area contributed by atoms with Crippen molar-refractivity contribution in [2.24, 2.45) is 0 Å². The minimum absolute atomic E-state index is 0.0271. The Labute approximate surface area is 236 Å². The van der Waals surface area contributed by atoms with Crippen LogP contribution in [0.2, 0.25) is 10.0 Å². The molecular formula is C29H29Cl2N5OS. The quantitative estimate of drug-likeness (QED) is 0.243. The SMILES string of the molecule is CN(CC=CC(=O)N1CCc2c(sc3ncnc(Nc4ccc(Cl)c(Cl)c4)c23)C1)C(C)(C)c1ccccc1. The first-order valence-electron chi connectivity index (χ1n) is 12.4. The monoisotopic (exact) mass is 565 g/mol. The lowest BCUT2D eigenvalue weighted by atomic mass is 9.93. The van der Waals surface area contributed by atoms with E-state index in [1.807, 2.05) is 23.1 Å². The maximum absolute atomic E-state index is 13.1. The number of thiophene rings is 1. The number of likely N-dealkylation sites (N-methyl/N-ethyl adjacent to an activating group) is 1. The molecule has 0 atom stereocenters. The zero-order chi connectivity index (χ0) is 26.9. The van der Waals surface area contributed by atoms with Crippen LogP contribution in [-0.2, 0) is 23.3 Å². The molecule has 5 rings (SSSR count). The zero-order valence-electron chi connectivity index (χ0n) is 21.5. The molecule has 1 N–H and O–H groups in total. The number of hydrogen-bond acceptors (Lipinski definition) is 6. The van der Waals surface area contributed by atoms with Gasteiger partial charge in [0.1, 0.15) is 17.0 Å². The number of benzene rings is 2. The first-order valence-corrected chi connectivity index (χ1v) is 14.0. The van der Waals surface area contributed by atoms with Crippen molar-refractivity contribution in [1.82, 2.24) is 19.8 Å². The van der Waals surface area contributed by atoms with Gasteiger partial charge in [0, 0.05) is 35.3 Å². The summed E-state index contributed by atoms with van der Waals surface area (Å²) >= 11 is 13.9. The van der Waals surface area contributed by atoms with E-state index in [1.54, 1.807) is 35.9 Å². The summed E-state index contributed by atoms with van der Waals surface area (Å²) in [5.74, 6) is 0.758. The van der Waals surface area contributed by atoms with Gasteiger partial charge in [0.05, 0.1) is 22.0 Å². The summed E-state index contributed by atoms with van der Waals surface area (Å²) in [4.78, 5) is 28.3. The van der Waals surface area contributed by atoms with Crippen LogP contribution in [0.4, 0.5) is 11.5 Å². The van der Waals surface area contributed by atoms with Gasteiger partial charge in [-0.15, -0.1) is 11.3 Å². The molecule has 0 bridgehead atoms. The first kappa shape index (κ1) is 26.6. The summed E-state index contributed by atoms with van der Waals surface area (Å²) < 4.78 is 0. The Kier molecular flexibility index (Phi) is 7.73. The number of carbonyl (C=O) groups excluding carboxylic acids is 1. The van der Waals surface area contributed by atoms with Crippen molar-refractivity contribution in [3.05, 3.63) is 93.1 Å². The third-order valence-corrected chi connectivity index (χ3v) is 9.07. The Morgan fingerprint density at radius 2 is 1.95 bits per heavy atom. The fourth-order valence-corrected chi connectivity index (χ4v) is 6.13. The lowest BCUT2D eigenvalue weighted by Crippen LogP contribution is -2.39. The number of carbonyl (C=O) groups is 1. The molecule has 4 aromatic rings. The summed E-state index contributed by atoms with van der Waals surface area (Å²) in [6, 6.07) is 15.8. The highest BCUT2D eigenvalue weighted by Crippen LogP contribution is 2.38. The van der Waals surface area contributed by atoms with Crippen molar-refractivity contribution < 1.29 is 4.79 Å². The lowest BCUT2D eigenvalue weighted by molar-refractivity contribution is -0.126. The number of rotatable bonds is 7. The van der Waals surface area contributed by atoms with Gasteiger partial charge in [-0.25, -0.2) is 9.97 Å². The summed E-state index contributed by atoms with van der Waals surface area (Å²) in [6.07, 6.45) is 5.97. The number of hydrogen-bond donors (Lipinski definition) is 1. The molecule has 0 saturated heterocycles. The molecule has 196 valence electrons. The van der Waals surface area contributed by atoms with Crippen molar-refractivity contribution >= 4 is 62.2 Å². The smallest absolute Gasteiger partial charge is 0.246 e. The highest BCUT2D eigenvalue weighted by atomic mass is 35.5. The number of nitrogens with zero attached hydrogens (tertiary/aromatic N) is 4. The summed E-state index contributed by atoms with van der Waals surface area (Å²) in [5.41, 5.74) is 3.10. The number of aromatic nitrogens is 2. The molecule has 3 heterocycles. The maximum Gasteiger partial charge on any atom is 0.246 e. The Bertz CT molecular complexity index is 1500. The third-order valence-electron chi connectivity index (χ3n) is 7.21. The highest BCUT2D eigenvalue weighted by Gasteiger charge is 2.27. The summed E-state index contributed by atoms with van der Waals surface area (Å²) in [5, 5.41) is 5.35. The van der Waals surface area contributed by atoms with Crippen LogP contribution in [0.3, 0.4) is 0 Å². The second-order valence-corrected chi connectivity index (χ2v) is 11.8. The molecule has 38 heavy (non-hydrogen) atoms. The molecule has 0 unspecified atom stereocenters. The number of fused-ring (bicyclic) bond motifs is 3. The van der Waals surface area contributed by atoms with Gasteiger partial charge >= 0.3 is 0 Å². The lowest BCUT2D eigenvalue weighted by Gasteiger charge is -2.35. The number of anilines is 2. The van der Waals surface area contributed by atoms with Crippen LogP contribution in [0.1, 0.15) is 29.9 Å². The van der Waals surface area contributed by atoms with Crippen molar-refractivity contribution in [3.8, 4) is 0 Å². The molecule has 0 aliphatic carbocycles. The Morgan fingerprint density at radius 1 is 1.16 bits per heavy atom. The molecule has 1 aliphatic heterocycles. The largest absolute Gasteiger partial charge is 0.340 e. The standard InChI is InChI=1S/C29H29Cl2N5OS/c1-29(2,19-8-5-4-6-9-19)35(3)14-7-10-25(37)36-15-13-21-24(17-36)38-28-26(21)27(32-18-33-28)34-20-11-12-22(30)23(31)16-20/h4-12,16,18H,13-15,17H2,1-3H3,(H,32,33,34). The fourth-order valence-electron chi connectivity index (χ4n) is 4.63. The van der Waals surface area contributed by atoms with Crippen molar-refractivity contribution in [3.63, 3.8) is 0 Å². The van der Waals surface area contributed by atoms with Crippen molar-refractivity contribution in [2.45, 2.75) is 32.4 Å². The second-order valence-electron chi connectivity index (χ2n) is 9.88. The molecule has 9 heteroatoms. The van der Waals surface area contributed by atoms with Crippen molar-refractivity contribution in [1.29, 1.82) is 0 Å². The summed E-state index contributed by atoms with van der Waals surface area (Å²) in [6.45, 7) is 6.28. The highest BCUT2D eigenvalue weighted by molar-refractivity contribution is 7.19. The van der Waals surface area contributed by atoms with Crippen LogP contribution in [0.15, 0.2) is 67.0 Å². The number of amides is 1. The van der Waals surface area contributed by atoms with Crippen LogP contribution in [-0.4, -0.2) is 45.8 Å². The second kappa shape index (κ2) is 11.0. The van der Waals surface area contributed by atoms with Gasteiger partial charge in [0.15, 0.2) is 0 Å². The van der Waals surface area contributed by atoms with Gasteiger partial charge < -0.3 is 10.2 Å². The van der Waals surface area contributed by atoms with E-state index < -0.39 is 0 Å². The molecule has 2 aromatic heterocycles. The van der Waals surface area contributed by atoms with Gasteiger partial charge in [0.2, 0.25) is 5.91 Å². The van der Waals surface area contributed by atoms with Gasteiger partial charge in [-0.2, -0.15) is 0 Å². The molecule has 0 fully saturated rings. The third kappa shape index (κ3) is 5.43. The molecule has 1 amide bonds. The van der Waals surface area contributed by atoms with Crippen LogP contribution < -0.4 is 5.32 Å². The Hall–Kier alpha value is -2.97. The average molecular weight is 567 g/mol. The number of nitrogens with one attached hydrogen (secondary N) is 1. The molecular weight excluding hydrogens is 537 g/mol. The average Bonchev–Trinajstić information content (AvgIpc) is 3.30. The molecule has 1 aliphatic rings. The van der Waals surface area contributed by atoms with E-state index in [-0.39, 0.29) is 11.4 Å². The molecule has 2 aromatic carbocycles. The molecule has 6 nitrogen and oxygen atoms in total. The van der Waals surface area contributed by atoms with Crippen LogP contribution in [0, 0.1) is 0 Å². The van der Waals surface area contributed by atoms with E-state index >= 15 is 0 Å². The fraction of sp³-hybridized carbons (Fsp3) is 0.276. The van der Waals surface area contributed by atoms with Crippen LogP contribution in [0.25, 0.3) is 10.2 Å². The summed E-state index contributed by atoms with van der Waals surface area (Å²) in [7, 11) is 2.08. The van der Waals surface area contributed by atoms with Crippen molar-refractivity contribution in [2.75, 3.05) is 25.5 Å². The predicted octanol–water partition coefficient (Wildman–Crippen LogP) is 7.05. The van der Waals surface area contributed by atoms with Gasteiger partial charge in [-0.1, -0.05) is 59.6 Å². The minimum atomic E-state index is -0.143. The zero-order valence-corrected chi connectivity index (χ0v) is 23.9. The van der Waals surface area contributed by atoms with Crippen LogP contribution in [0.5, 0.6) is 0 Å². The Morgan fingerprint density at radius 3 is 2.71 bits per heavy atom. The normalized spacial score (nSPS) is 13.9. The van der Waals surface area contributed by atoms with E-state index in [4.69, 9.17) is 23.2 Å². The van der Waals surface area contributed by atoms with E-state index in [9.17, 15) is 4.79 Å². The minimum Gasteiger partial charge on any atom is -0.340 e. The van der Waals surface area contributed by atoms with E-state index in [0.717, 1.165) is 33.0 Å².